The van der Waals surface area contributed by atoms with Gasteiger partial charge >= 0.3 is 0 Å². The molecule has 6 heteroatoms. The number of rotatable bonds is 7. The summed E-state index contributed by atoms with van der Waals surface area (Å²) in [6, 6.07) is 6.27. The number of benzene rings is 1. The first-order valence-electron chi connectivity index (χ1n) is 6.99. The molecule has 0 fully saturated rings. The molecule has 1 aromatic carbocycles. The first-order chi connectivity index (χ1) is 9.70. The fourth-order valence-electron chi connectivity index (χ4n) is 1.74. The van der Waals surface area contributed by atoms with Gasteiger partial charge in [0.15, 0.2) is 9.84 Å². The van der Waals surface area contributed by atoms with Gasteiger partial charge in [-0.25, -0.2) is 8.42 Å². The Morgan fingerprint density at radius 3 is 2.19 bits per heavy atom. The molecule has 0 spiro atoms. The number of nitrogens with one attached hydrogen (secondary N) is 1. The molecule has 0 unspecified atom stereocenters. The number of hydrogen-bond donors (Lipinski definition) is 1. The molecular weight excluding hydrogens is 290 g/mol. The zero-order chi connectivity index (χ0) is 16.0. The van der Waals surface area contributed by atoms with E-state index in [0.29, 0.717) is 5.75 Å². The Kier molecular flexibility index (Phi) is 6.20. The lowest BCUT2D eigenvalue weighted by Crippen LogP contribution is -2.31. The van der Waals surface area contributed by atoms with Gasteiger partial charge in [-0.2, -0.15) is 0 Å². The van der Waals surface area contributed by atoms with E-state index in [2.05, 4.69) is 5.32 Å². The van der Waals surface area contributed by atoms with Crippen LogP contribution in [0.1, 0.15) is 34.1 Å². The summed E-state index contributed by atoms with van der Waals surface area (Å²) >= 11 is 0. The number of sulfone groups is 1. The van der Waals surface area contributed by atoms with E-state index in [-0.39, 0.29) is 35.1 Å². The van der Waals surface area contributed by atoms with Gasteiger partial charge in [-0.05, 0) is 52.0 Å². The number of carbonyl (C=O) groups is 1. The Morgan fingerprint density at radius 2 is 1.71 bits per heavy atom. The first-order valence-corrected chi connectivity index (χ1v) is 8.65. The van der Waals surface area contributed by atoms with Crippen LogP contribution in [0.4, 0.5) is 0 Å². The lowest BCUT2D eigenvalue weighted by Gasteiger charge is -2.11. The van der Waals surface area contributed by atoms with Crippen LogP contribution in [0.15, 0.2) is 29.2 Å². The average Bonchev–Trinajstić information content (AvgIpc) is 2.36. The normalized spacial score (nSPS) is 11.7. The maximum Gasteiger partial charge on any atom is 0.221 e. The van der Waals surface area contributed by atoms with Crippen LogP contribution in [0.3, 0.4) is 0 Å². The molecule has 1 N–H and O–H groups in total. The maximum absolute atomic E-state index is 12.1. The molecular formula is C15H23NO4S. The molecule has 5 nitrogen and oxygen atoms in total. The Morgan fingerprint density at radius 1 is 1.14 bits per heavy atom. The van der Waals surface area contributed by atoms with Crippen LogP contribution < -0.4 is 10.1 Å². The Hall–Kier alpha value is -1.56. The molecule has 0 saturated carbocycles. The summed E-state index contributed by atoms with van der Waals surface area (Å²) in [5, 5.41) is 2.67. The minimum Gasteiger partial charge on any atom is -0.491 e. The second kappa shape index (κ2) is 7.45. The third-order valence-corrected chi connectivity index (χ3v) is 4.33. The van der Waals surface area contributed by atoms with Gasteiger partial charge < -0.3 is 10.1 Å². The van der Waals surface area contributed by atoms with Crippen LogP contribution >= 0.6 is 0 Å². The molecule has 0 radical (unpaired) electrons. The molecule has 118 valence electrons. The van der Waals surface area contributed by atoms with Crippen molar-refractivity contribution in [1.29, 1.82) is 0 Å². The van der Waals surface area contributed by atoms with Gasteiger partial charge in [0, 0.05) is 12.5 Å². The van der Waals surface area contributed by atoms with E-state index in [1.54, 1.807) is 12.1 Å². The van der Waals surface area contributed by atoms with Crippen molar-refractivity contribution in [2.45, 2.75) is 51.2 Å². The Labute approximate surface area is 126 Å². The van der Waals surface area contributed by atoms with Gasteiger partial charge in [-0.1, -0.05) is 0 Å². The molecule has 21 heavy (non-hydrogen) atoms. The van der Waals surface area contributed by atoms with Crippen LogP contribution in [0.25, 0.3) is 0 Å². The van der Waals surface area contributed by atoms with Crippen LogP contribution in [0, 0.1) is 0 Å². The van der Waals surface area contributed by atoms with E-state index in [1.165, 1.54) is 12.1 Å². The third kappa shape index (κ3) is 6.16. The quantitative estimate of drug-likeness (QED) is 0.837. The molecule has 0 atom stereocenters. The lowest BCUT2D eigenvalue weighted by molar-refractivity contribution is -0.121. The van der Waals surface area contributed by atoms with Crippen molar-refractivity contribution in [3.63, 3.8) is 0 Å². The van der Waals surface area contributed by atoms with Gasteiger partial charge in [-0.3, -0.25) is 4.79 Å². The molecule has 0 saturated heterocycles. The molecule has 0 aliphatic carbocycles. The highest BCUT2D eigenvalue weighted by molar-refractivity contribution is 7.91. The average molecular weight is 313 g/mol. The molecule has 0 aliphatic rings. The summed E-state index contributed by atoms with van der Waals surface area (Å²) in [4.78, 5) is 11.7. The van der Waals surface area contributed by atoms with Gasteiger partial charge in [-0.15, -0.1) is 0 Å². The molecule has 0 aliphatic heterocycles. The number of hydrogen-bond acceptors (Lipinski definition) is 4. The summed E-state index contributed by atoms with van der Waals surface area (Å²) in [6.07, 6.45) is -0.00251. The van der Waals surface area contributed by atoms with Crippen molar-refractivity contribution in [3.05, 3.63) is 24.3 Å². The summed E-state index contributed by atoms with van der Waals surface area (Å²) in [5.41, 5.74) is 0. The van der Waals surface area contributed by atoms with Gasteiger partial charge in [0.2, 0.25) is 5.91 Å². The van der Waals surface area contributed by atoms with Crippen LogP contribution in [0.5, 0.6) is 5.75 Å². The van der Waals surface area contributed by atoms with Crippen molar-refractivity contribution in [2.75, 3.05) is 5.75 Å². The first kappa shape index (κ1) is 17.5. The van der Waals surface area contributed by atoms with E-state index in [0.717, 1.165) is 0 Å². The molecule has 1 aromatic rings. The molecule has 1 rings (SSSR count). The molecule has 0 aromatic heterocycles. The van der Waals surface area contributed by atoms with Crippen LogP contribution in [-0.4, -0.2) is 32.2 Å². The molecule has 0 bridgehead atoms. The fraction of sp³-hybridized carbons (Fsp3) is 0.533. The standard InChI is InChI=1S/C15H23NO4S/c1-11(2)16-15(17)9-10-21(18,19)14-7-5-13(6-8-14)20-12(3)4/h5-8,11-12H,9-10H2,1-4H3,(H,16,17). The monoisotopic (exact) mass is 313 g/mol. The summed E-state index contributed by atoms with van der Waals surface area (Å²) < 4.78 is 29.7. The topological polar surface area (TPSA) is 72.5 Å². The van der Waals surface area contributed by atoms with E-state index in [9.17, 15) is 13.2 Å². The highest BCUT2D eigenvalue weighted by atomic mass is 32.2. The smallest absolute Gasteiger partial charge is 0.221 e. The SMILES string of the molecule is CC(C)NC(=O)CCS(=O)(=O)c1ccc(OC(C)C)cc1. The fourth-order valence-corrected chi connectivity index (χ4v) is 2.98. The second-order valence-corrected chi connectivity index (χ2v) is 7.54. The van der Waals surface area contributed by atoms with E-state index < -0.39 is 9.84 Å². The van der Waals surface area contributed by atoms with Crippen molar-refractivity contribution in [1.82, 2.24) is 5.32 Å². The highest BCUT2D eigenvalue weighted by Crippen LogP contribution is 2.18. The van der Waals surface area contributed by atoms with Crippen molar-refractivity contribution in [2.24, 2.45) is 0 Å². The maximum atomic E-state index is 12.1. The zero-order valence-corrected chi connectivity index (χ0v) is 13.7. The van der Waals surface area contributed by atoms with Crippen LogP contribution in [0.2, 0.25) is 0 Å². The highest BCUT2D eigenvalue weighted by Gasteiger charge is 2.17. The zero-order valence-electron chi connectivity index (χ0n) is 12.9. The van der Waals surface area contributed by atoms with Crippen molar-refractivity contribution >= 4 is 15.7 Å². The van der Waals surface area contributed by atoms with Crippen molar-refractivity contribution < 1.29 is 17.9 Å². The van der Waals surface area contributed by atoms with E-state index in [1.807, 2.05) is 27.7 Å². The summed E-state index contributed by atoms with van der Waals surface area (Å²) in [6.45, 7) is 7.47. The van der Waals surface area contributed by atoms with E-state index >= 15 is 0 Å². The number of amides is 1. The van der Waals surface area contributed by atoms with Gasteiger partial charge in [0.1, 0.15) is 5.75 Å². The Balaban J connectivity index is 2.68. The minimum atomic E-state index is -3.45. The Bertz CT molecular complexity index is 562. The lowest BCUT2D eigenvalue weighted by atomic mass is 10.3. The predicted molar refractivity (Wildman–Crippen MR) is 82.2 cm³/mol. The number of carbonyl (C=O) groups excluding carboxylic acids is 1. The number of ether oxygens (including phenoxy) is 1. The molecule has 0 heterocycles. The molecule has 1 amide bonds. The van der Waals surface area contributed by atoms with Crippen LogP contribution in [-0.2, 0) is 14.6 Å². The summed E-state index contributed by atoms with van der Waals surface area (Å²) in [7, 11) is -3.45. The minimum absolute atomic E-state index is 0.00710. The largest absolute Gasteiger partial charge is 0.491 e. The van der Waals surface area contributed by atoms with Gasteiger partial charge in [0.25, 0.3) is 0 Å². The second-order valence-electron chi connectivity index (χ2n) is 5.43. The summed E-state index contributed by atoms with van der Waals surface area (Å²) in [5.74, 6) is 0.172. The van der Waals surface area contributed by atoms with Crippen molar-refractivity contribution in [3.8, 4) is 5.75 Å². The third-order valence-electron chi connectivity index (χ3n) is 2.60. The van der Waals surface area contributed by atoms with E-state index in [4.69, 9.17) is 4.74 Å². The predicted octanol–water partition coefficient (Wildman–Crippen LogP) is 2.16. The van der Waals surface area contributed by atoms with Gasteiger partial charge in [0.05, 0.1) is 16.8 Å².